The van der Waals surface area contributed by atoms with Crippen molar-refractivity contribution in [1.29, 1.82) is 0 Å². The number of nitro groups is 1. The first-order valence-electron chi connectivity index (χ1n) is 8.76. The number of para-hydroxylation sites is 2. The first-order valence-corrected chi connectivity index (χ1v) is 8.76. The van der Waals surface area contributed by atoms with Gasteiger partial charge in [0.05, 0.1) is 30.0 Å². The number of nitrogens with one attached hydrogen (secondary N) is 3. The number of imidazole rings is 1. The third-order valence-corrected chi connectivity index (χ3v) is 4.23. The van der Waals surface area contributed by atoms with Gasteiger partial charge in [0, 0.05) is 0 Å². The molecule has 0 atom stereocenters. The summed E-state index contributed by atoms with van der Waals surface area (Å²) in [6, 6.07) is 9.19. The Morgan fingerprint density at radius 2 is 2.10 bits per heavy atom. The van der Waals surface area contributed by atoms with Gasteiger partial charge in [0.25, 0.3) is 11.8 Å². The highest BCUT2D eigenvalue weighted by molar-refractivity contribution is 6.17. The lowest BCUT2D eigenvalue weighted by atomic mass is 10.1. The maximum Gasteiger partial charge on any atom is 0.433 e. The number of aromatic nitrogens is 2. The first-order chi connectivity index (χ1) is 14.9. The topological polar surface area (TPSA) is 176 Å². The highest BCUT2D eigenvalue weighted by Crippen LogP contribution is 2.30. The summed E-state index contributed by atoms with van der Waals surface area (Å²) < 4.78 is 4.88. The molecule has 13 heteroatoms. The number of furan rings is 1. The second-order valence-corrected chi connectivity index (χ2v) is 6.22. The van der Waals surface area contributed by atoms with Crippen LogP contribution in [0, 0.1) is 10.1 Å². The van der Waals surface area contributed by atoms with Gasteiger partial charge in [-0.15, -0.1) is 0 Å². The Balaban J connectivity index is 1.51. The highest BCUT2D eigenvalue weighted by atomic mass is 16.6. The lowest BCUT2D eigenvalue weighted by Crippen LogP contribution is -2.43. The predicted octanol–water partition coefficient (Wildman–Crippen LogP) is 1.27. The third-order valence-electron chi connectivity index (χ3n) is 4.23. The molecule has 1 aliphatic heterocycles. The zero-order valence-corrected chi connectivity index (χ0v) is 15.6. The number of rotatable bonds is 5. The molecule has 2 aromatic heterocycles. The van der Waals surface area contributed by atoms with Crippen molar-refractivity contribution in [3.8, 4) is 0 Å². The Morgan fingerprint density at radius 1 is 1.29 bits per heavy atom. The van der Waals surface area contributed by atoms with Gasteiger partial charge in [-0.2, -0.15) is 5.10 Å². The highest BCUT2D eigenvalue weighted by Gasteiger charge is 2.31. The van der Waals surface area contributed by atoms with Crippen LogP contribution < -0.4 is 15.6 Å². The van der Waals surface area contributed by atoms with Gasteiger partial charge < -0.3 is 14.7 Å². The number of amides is 3. The number of fused-ring (bicyclic) bond motifs is 1. The maximum absolute atomic E-state index is 13.0. The molecule has 156 valence electrons. The van der Waals surface area contributed by atoms with Crippen molar-refractivity contribution in [2.75, 3.05) is 16.8 Å². The zero-order valence-electron chi connectivity index (χ0n) is 15.6. The van der Waals surface area contributed by atoms with E-state index in [-0.39, 0.29) is 29.6 Å². The molecule has 3 N–H and O–H groups in total. The van der Waals surface area contributed by atoms with E-state index >= 15 is 0 Å². The van der Waals surface area contributed by atoms with Crippen LogP contribution >= 0.6 is 0 Å². The lowest BCUT2D eigenvalue weighted by molar-refractivity contribution is -0.402. The smallest absolute Gasteiger partial charge is 0.400 e. The fourth-order valence-electron chi connectivity index (χ4n) is 2.90. The van der Waals surface area contributed by atoms with E-state index in [0.29, 0.717) is 11.4 Å². The molecule has 1 aromatic carbocycles. The summed E-state index contributed by atoms with van der Waals surface area (Å²) in [7, 11) is 0. The summed E-state index contributed by atoms with van der Waals surface area (Å²) >= 11 is 0. The number of nitrogens with zero attached hydrogens (tertiary/aromatic N) is 4. The molecule has 0 aliphatic carbocycles. The zero-order chi connectivity index (χ0) is 22.0. The predicted molar refractivity (Wildman–Crippen MR) is 106 cm³/mol. The standard InChI is InChI=1S/C18H13N7O6/c26-13-8-24(12-4-2-1-3-11(12)22-13)18(28)16-15(19-9-20-16)17(27)23-21-7-10-5-6-14(31-10)25(29)30/h1-7,9H,8H2,(H,19,20)(H,22,26)(H,23,27). The van der Waals surface area contributed by atoms with Gasteiger partial charge in [0.1, 0.15) is 17.2 Å². The number of carbonyl (C=O) groups excluding carboxylic acids is 3. The molecule has 0 saturated heterocycles. The van der Waals surface area contributed by atoms with Crippen LogP contribution in [0.4, 0.5) is 17.3 Å². The molecule has 3 amide bonds. The summed E-state index contributed by atoms with van der Waals surface area (Å²) in [6.07, 6.45) is 2.22. The van der Waals surface area contributed by atoms with Crippen molar-refractivity contribution < 1.29 is 23.7 Å². The largest absolute Gasteiger partial charge is 0.433 e. The fourth-order valence-corrected chi connectivity index (χ4v) is 2.90. The Hall–Kier alpha value is -4.81. The molecule has 3 heterocycles. The first kappa shape index (κ1) is 19.5. The number of H-pyrrole nitrogens is 1. The number of aromatic amines is 1. The van der Waals surface area contributed by atoms with Crippen LogP contribution in [0.25, 0.3) is 0 Å². The molecule has 1 aliphatic rings. The van der Waals surface area contributed by atoms with E-state index in [1.807, 2.05) is 0 Å². The van der Waals surface area contributed by atoms with Gasteiger partial charge in [0.2, 0.25) is 5.91 Å². The third kappa shape index (κ3) is 3.87. The molecule has 13 nitrogen and oxygen atoms in total. The molecule has 0 unspecified atom stereocenters. The van der Waals surface area contributed by atoms with Crippen LogP contribution in [0.2, 0.25) is 0 Å². The van der Waals surface area contributed by atoms with Crippen molar-refractivity contribution in [3.05, 3.63) is 70.0 Å². The molecular weight excluding hydrogens is 410 g/mol. The van der Waals surface area contributed by atoms with Crippen LogP contribution in [-0.2, 0) is 4.79 Å². The molecule has 4 rings (SSSR count). The fraction of sp³-hybridized carbons (Fsp3) is 0.0556. The van der Waals surface area contributed by atoms with Gasteiger partial charge in [-0.05, 0) is 18.2 Å². The molecule has 0 spiro atoms. The van der Waals surface area contributed by atoms with Crippen LogP contribution in [0.5, 0.6) is 0 Å². The molecule has 3 aromatic rings. The SMILES string of the molecule is O=C1CN(C(=O)c2[nH]cnc2C(=O)NN=Cc2ccc([N+](=O)[O-])o2)c2ccccc2N1. The summed E-state index contributed by atoms with van der Waals surface area (Å²) in [6.45, 7) is -0.231. The summed E-state index contributed by atoms with van der Waals surface area (Å²) in [5.74, 6) is -2.25. The number of benzene rings is 1. The molecule has 0 saturated carbocycles. The van der Waals surface area contributed by atoms with E-state index in [1.54, 1.807) is 24.3 Å². The minimum atomic E-state index is -0.809. The summed E-state index contributed by atoms with van der Waals surface area (Å²) in [5, 5.41) is 16.9. The van der Waals surface area contributed by atoms with E-state index in [4.69, 9.17) is 4.42 Å². The van der Waals surface area contributed by atoms with Crippen LogP contribution in [-0.4, -0.2) is 45.4 Å². The molecule has 31 heavy (non-hydrogen) atoms. The Bertz CT molecular complexity index is 1230. The van der Waals surface area contributed by atoms with E-state index < -0.39 is 22.6 Å². The Morgan fingerprint density at radius 3 is 2.87 bits per heavy atom. The normalized spacial score (nSPS) is 13.0. The minimum Gasteiger partial charge on any atom is -0.400 e. The second kappa shape index (κ2) is 7.90. The second-order valence-electron chi connectivity index (χ2n) is 6.22. The Labute approximate surface area is 172 Å². The van der Waals surface area contributed by atoms with Crippen molar-refractivity contribution in [1.82, 2.24) is 15.4 Å². The lowest BCUT2D eigenvalue weighted by Gasteiger charge is -2.28. The van der Waals surface area contributed by atoms with Crippen molar-refractivity contribution in [2.24, 2.45) is 5.10 Å². The van der Waals surface area contributed by atoms with E-state index in [9.17, 15) is 24.5 Å². The molecule has 0 bridgehead atoms. The van der Waals surface area contributed by atoms with Crippen LogP contribution in [0.3, 0.4) is 0 Å². The van der Waals surface area contributed by atoms with Crippen molar-refractivity contribution in [2.45, 2.75) is 0 Å². The molecule has 0 radical (unpaired) electrons. The quantitative estimate of drug-likeness (QED) is 0.314. The average molecular weight is 423 g/mol. The average Bonchev–Trinajstić information content (AvgIpc) is 3.42. The molecular formula is C18H13N7O6. The van der Waals surface area contributed by atoms with E-state index in [1.165, 1.54) is 11.0 Å². The number of hydrogen-bond donors (Lipinski definition) is 3. The van der Waals surface area contributed by atoms with E-state index in [2.05, 4.69) is 25.8 Å². The van der Waals surface area contributed by atoms with E-state index in [0.717, 1.165) is 18.6 Å². The Kier molecular flexibility index (Phi) is 4.97. The van der Waals surface area contributed by atoms with Gasteiger partial charge in [-0.3, -0.25) is 29.4 Å². The van der Waals surface area contributed by atoms with Gasteiger partial charge in [-0.1, -0.05) is 12.1 Å². The van der Waals surface area contributed by atoms with Crippen LogP contribution in [0.1, 0.15) is 26.7 Å². The maximum atomic E-state index is 13.0. The molecule has 0 fully saturated rings. The van der Waals surface area contributed by atoms with Gasteiger partial charge >= 0.3 is 5.88 Å². The number of hydrogen-bond acceptors (Lipinski definition) is 8. The summed E-state index contributed by atoms with van der Waals surface area (Å²) in [4.78, 5) is 55.0. The number of hydrazone groups is 1. The number of anilines is 2. The number of carbonyl (C=O) groups is 3. The van der Waals surface area contributed by atoms with Gasteiger partial charge in [0.15, 0.2) is 11.5 Å². The van der Waals surface area contributed by atoms with Crippen molar-refractivity contribution >= 4 is 41.2 Å². The van der Waals surface area contributed by atoms with Gasteiger partial charge in [-0.25, -0.2) is 10.4 Å². The van der Waals surface area contributed by atoms with Crippen LogP contribution in [0.15, 0.2) is 52.2 Å². The monoisotopic (exact) mass is 423 g/mol. The van der Waals surface area contributed by atoms with Crippen molar-refractivity contribution in [3.63, 3.8) is 0 Å². The summed E-state index contributed by atoms with van der Waals surface area (Å²) in [5.41, 5.74) is 2.74. The minimum absolute atomic E-state index is 0.0428.